The summed E-state index contributed by atoms with van der Waals surface area (Å²) in [6.45, 7) is 4.24. The minimum Gasteiger partial charge on any atom is -0.467 e. The number of carbonyl (C=O) groups excluding carboxylic acids is 2. The first kappa shape index (κ1) is 17.4. The molecule has 2 N–H and O–H groups in total. The molecule has 0 saturated carbocycles. The Morgan fingerprint density at radius 2 is 1.73 bits per heavy atom. The van der Waals surface area contributed by atoms with Crippen LogP contribution in [0.5, 0.6) is 0 Å². The number of nitrogens with one attached hydrogen (secondary N) is 2. The van der Waals surface area contributed by atoms with E-state index in [1.165, 1.54) is 6.26 Å². The summed E-state index contributed by atoms with van der Waals surface area (Å²) >= 11 is 0. The number of pyridine rings is 1. The molecule has 3 aromatic rings. The van der Waals surface area contributed by atoms with Crippen molar-refractivity contribution in [3.8, 4) is 0 Å². The average molecular weight is 349 g/mol. The average Bonchev–Trinajstić information content (AvgIpc) is 3.16. The number of anilines is 1. The maximum absolute atomic E-state index is 12.4. The van der Waals surface area contributed by atoms with Crippen LogP contribution in [0.1, 0.15) is 37.9 Å². The number of benzene rings is 1. The number of nitrogens with zero attached hydrogens (tertiary/aromatic N) is 1. The molecule has 0 bridgehead atoms. The highest BCUT2D eigenvalue weighted by molar-refractivity contribution is 6.03. The number of amides is 2. The van der Waals surface area contributed by atoms with Gasteiger partial charge in [0.15, 0.2) is 0 Å². The monoisotopic (exact) mass is 349 g/mol. The molecule has 0 aliphatic rings. The fourth-order valence-electron chi connectivity index (χ4n) is 2.37. The number of aryl methyl sites for hydroxylation is 2. The van der Waals surface area contributed by atoms with Crippen molar-refractivity contribution in [2.75, 3.05) is 5.32 Å². The highest BCUT2D eigenvalue weighted by Gasteiger charge is 2.13. The number of hydrogen-bond acceptors (Lipinski definition) is 4. The fourth-order valence-corrected chi connectivity index (χ4v) is 2.37. The lowest BCUT2D eigenvalue weighted by molar-refractivity contribution is 0.0943. The molecule has 0 aliphatic carbocycles. The predicted octanol–water partition coefficient (Wildman–Crippen LogP) is 3.47. The minimum atomic E-state index is -0.373. The molecule has 0 spiro atoms. The van der Waals surface area contributed by atoms with E-state index in [-0.39, 0.29) is 29.7 Å². The van der Waals surface area contributed by atoms with Gasteiger partial charge in [0, 0.05) is 5.69 Å². The molecule has 6 heteroatoms. The van der Waals surface area contributed by atoms with Crippen molar-refractivity contribution < 1.29 is 14.0 Å². The van der Waals surface area contributed by atoms with Crippen LogP contribution in [0.4, 0.5) is 5.69 Å². The number of hydrogen-bond donors (Lipinski definition) is 2. The van der Waals surface area contributed by atoms with E-state index in [9.17, 15) is 9.59 Å². The van der Waals surface area contributed by atoms with Crippen molar-refractivity contribution >= 4 is 17.5 Å². The Morgan fingerprint density at radius 1 is 0.962 bits per heavy atom. The molecule has 0 saturated heterocycles. The topological polar surface area (TPSA) is 84.2 Å². The van der Waals surface area contributed by atoms with E-state index < -0.39 is 0 Å². The van der Waals surface area contributed by atoms with Crippen molar-refractivity contribution in [3.05, 3.63) is 83.1 Å². The largest absolute Gasteiger partial charge is 0.467 e. The van der Waals surface area contributed by atoms with Crippen LogP contribution in [-0.4, -0.2) is 16.8 Å². The second kappa shape index (κ2) is 7.65. The Kier molecular flexibility index (Phi) is 5.12. The Balaban J connectivity index is 1.68. The summed E-state index contributed by atoms with van der Waals surface area (Å²) in [6, 6.07) is 13.9. The van der Waals surface area contributed by atoms with Gasteiger partial charge in [0.1, 0.15) is 17.1 Å². The molecule has 0 aliphatic heterocycles. The van der Waals surface area contributed by atoms with Crippen LogP contribution in [-0.2, 0) is 6.54 Å². The first-order valence-corrected chi connectivity index (χ1v) is 8.19. The van der Waals surface area contributed by atoms with Gasteiger partial charge in [-0.15, -0.1) is 0 Å². The normalized spacial score (nSPS) is 10.4. The molecule has 0 unspecified atom stereocenters. The second-order valence-electron chi connectivity index (χ2n) is 5.92. The van der Waals surface area contributed by atoms with Gasteiger partial charge in [-0.05, 0) is 61.4 Å². The summed E-state index contributed by atoms with van der Waals surface area (Å²) in [5.41, 5.74) is 3.27. The van der Waals surface area contributed by atoms with Crippen LogP contribution in [0.25, 0.3) is 0 Å². The molecule has 2 aromatic heterocycles. The van der Waals surface area contributed by atoms with Gasteiger partial charge in [-0.3, -0.25) is 9.59 Å². The van der Waals surface area contributed by atoms with E-state index in [1.807, 2.05) is 32.0 Å². The molecule has 3 rings (SSSR count). The van der Waals surface area contributed by atoms with Gasteiger partial charge < -0.3 is 15.1 Å². The van der Waals surface area contributed by atoms with Gasteiger partial charge in [-0.1, -0.05) is 12.1 Å². The van der Waals surface area contributed by atoms with Crippen LogP contribution in [0.2, 0.25) is 0 Å². The summed E-state index contributed by atoms with van der Waals surface area (Å²) < 4.78 is 5.17. The van der Waals surface area contributed by atoms with E-state index in [0.717, 1.165) is 11.1 Å². The molecule has 1 aromatic carbocycles. The van der Waals surface area contributed by atoms with Crippen molar-refractivity contribution in [2.45, 2.75) is 20.4 Å². The van der Waals surface area contributed by atoms with E-state index in [4.69, 9.17) is 4.42 Å². The van der Waals surface area contributed by atoms with Gasteiger partial charge >= 0.3 is 0 Å². The quantitative estimate of drug-likeness (QED) is 0.739. The Bertz CT molecular complexity index is 933. The minimum absolute atomic E-state index is 0.171. The summed E-state index contributed by atoms with van der Waals surface area (Å²) in [5.74, 6) is -0.0989. The van der Waals surface area contributed by atoms with E-state index in [1.54, 1.807) is 30.3 Å². The molecule has 2 amide bonds. The van der Waals surface area contributed by atoms with E-state index in [0.29, 0.717) is 11.4 Å². The number of furan rings is 1. The number of rotatable bonds is 5. The van der Waals surface area contributed by atoms with Crippen molar-refractivity contribution in [3.63, 3.8) is 0 Å². The first-order valence-electron chi connectivity index (χ1n) is 8.19. The Morgan fingerprint density at radius 3 is 2.42 bits per heavy atom. The zero-order chi connectivity index (χ0) is 18.5. The van der Waals surface area contributed by atoms with E-state index in [2.05, 4.69) is 15.6 Å². The number of carbonyl (C=O) groups is 2. The maximum atomic E-state index is 12.4. The lowest BCUT2D eigenvalue weighted by Gasteiger charge is -2.08. The number of aromatic nitrogens is 1. The molecule has 6 nitrogen and oxygen atoms in total. The third-order valence-corrected chi connectivity index (χ3v) is 3.98. The second-order valence-corrected chi connectivity index (χ2v) is 5.92. The lowest BCUT2D eigenvalue weighted by atomic mass is 10.1. The third kappa shape index (κ3) is 4.16. The Hall–Kier alpha value is -3.41. The van der Waals surface area contributed by atoms with E-state index >= 15 is 0 Å². The molecule has 26 heavy (non-hydrogen) atoms. The SMILES string of the molecule is Cc1ccc(NC(=O)c2cccc(C(=O)NCc3ccco3)n2)cc1C. The van der Waals surface area contributed by atoms with Crippen LogP contribution in [0.3, 0.4) is 0 Å². The summed E-state index contributed by atoms with van der Waals surface area (Å²) in [7, 11) is 0. The summed E-state index contributed by atoms with van der Waals surface area (Å²) in [4.78, 5) is 28.8. The molecule has 0 atom stereocenters. The summed E-state index contributed by atoms with van der Waals surface area (Å²) in [5, 5.41) is 5.50. The standard InChI is InChI=1S/C20H19N3O3/c1-13-8-9-15(11-14(13)2)22-20(25)18-7-3-6-17(23-18)19(24)21-12-16-5-4-10-26-16/h3-11H,12H2,1-2H3,(H,21,24)(H,22,25). The Labute approximate surface area is 151 Å². The molecular formula is C20H19N3O3. The molecular weight excluding hydrogens is 330 g/mol. The van der Waals surface area contributed by atoms with Gasteiger partial charge in [-0.2, -0.15) is 0 Å². The van der Waals surface area contributed by atoms with Crippen LogP contribution >= 0.6 is 0 Å². The van der Waals surface area contributed by atoms with Gasteiger partial charge in [-0.25, -0.2) is 4.98 Å². The molecule has 0 radical (unpaired) electrons. The maximum Gasteiger partial charge on any atom is 0.274 e. The van der Waals surface area contributed by atoms with Crippen LogP contribution < -0.4 is 10.6 Å². The van der Waals surface area contributed by atoms with Gasteiger partial charge in [0.05, 0.1) is 12.8 Å². The van der Waals surface area contributed by atoms with Gasteiger partial charge in [0.2, 0.25) is 0 Å². The van der Waals surface area contributed by atoms with Crippen molar-refractivity contribution in [1.29, 1.82) is 0 Å². The van der Waals surface area contributed by atoms with Crippen LogP contribution in [0, 0.1) is 13.8 Å². The molecule has 0 fully saturated rings. The zero-order valence-electron chi connectivity index (χ0n) is 14.6. The smallest absolute Gasteiger partial charge is 0.274 e. The fraction of sp³-hybridized carbons (Fsp3) is 0.150. The highest BCUT2D eigenvalue weighted by atomic mass is 16.3. The zero-order valence-corrected chi connectivity index (χ0v) is 14.6. The first-order chi connectivity index (χ1) is 12.5. The van der Waals surface area contributed by atoms with Gasteiger partial charge in [0.25, 0.3) is 11.8 Å². The third-order valence-electron chi connectivity index (χ3n) is 3.98. The predicted molar refractivity (Wildman–Crippen MR) is 98.0 cm³/mol. The van der Waals surface area contributed by atoms with Crippen molar-refractivity contribution in [2.24, 2.45) is 0 Å². The highest BCUT2D eigenvalue weighted by Crippen LogP contribution is 2.15. The van der Waals surface area contributed by atoms with Crippen LogP contribution in [0.15, 0.2) is 59.2 Å². The molecule has 132 valence electrons. The lowest BCUT2D eigenvalue weighted by Crippen LogP contribution is -2.24. The summed E-state index contributed by atoms with van der Waals surface area (Å²) in [6.07, 6.45) is 1.54. The van der Waals surface area contributed by atoms with Crippen molar-refractivity contribution in [1.82, 2.24) is 10.3 Å². The molecule has 2 heterocycles.